The van der Waals surface area contributed by atoms with Crippen LogP contribution in [0.2, 0.25) is 0 Å². The Labute approximate surface area is 164 Å². The van der Waals surface area contributed by atoms with Gasteiger partial charge in [0.05, 0.1) is 5.69 Å². The highest BCUT2D eigenvalue weighted by Gasteiger charge is 2.05. The fraction of sp³-hybridized carbons (Fsp3) is 0.286. The summed E-state index contributed by atoms with van der Waals surface area (Å²) in [6.45, 7) is 3.69. The van der Waals surface area contributed by atoms with Crippen LogP contribution < -0.4 is 10.6 Å². The maximum absolute atomic E-state index is 4.74. The fourth-order valence-electron chi connectivity index (χ4n) is 2.64. The lowest BCUT2D eigenvalue weighted by atomic mass is 10.2. The number of hydrogen-bond acceptors (Lipinski definition) is 4. The van der Waals surface area contributed by atoms with E-state index in [4.69, 9.17) is 4.98 Å². The normalized spacial score (nSPS) is 11.4. The first-order valence-corrected chi connectivity index (χ1v) is 9.98. The van der Waals surface area contributed by atoms with Crippen LogP contribution in [0.1, 0.15) is 17.0 Å². The average Bonchev–Trinajstić information content (AvgIpc) is 3.17. The van der Waals surface area contributed by atoms with Crippen LogP contribution in [0.4, 0.5) is 0 Å². The standard InChI is InChI=1S/C21H25N5S/c1-16-6-8-17(9-7-16)20-26-19(15-27-20)11-14-25-21(22-2)24-13-10-18-5-3-4-12-23-18/h3-9,12,15H,10-11,13-14H2,1-2H3,(H2,22,24,25). The third-order valence-electron chi connectivity index (χ3n) is 4.15. The van der Waals surface area contributed by atoms with Gasteiger partial charge in [-0.15, -0.1) is 11.3 Å². The Bertz CT molecular complexity index is 856. The Balaban J connectivity index is 1.42. The molecular weight excluding hydrogens is 354 g/mol. The number of nitrogens with one attached hydrogen (secondary N) is 2. The van der Waals surface area contributed by atoms with E-state index >= 15 is 0 Å². The highest BCUT2D eigenvalue weighted by molar-refractivity contribution is 7.13. The van der Waals surface area contributed by atoms with Crippen molar-refractivity contribution in [3.8, 4) is 10.6 Å². The highest BCUT2D eigenvalue weighted by Crippen LogP contribution is 2.24. The van der Waals surface area contributed by atoms with Crippen LogP contribution in [0.3, 0.4) is 0 Å². The van der Waals surface area contributed by atoms with Crippen LogP contribution in [0.15, 0.2) is 59.0 Å². The molecule has 3 aromatic rings. The lowest BCUT2D eigenvalue weighted by Gasteiger charge is -2.11. The number of hydrogen-bond donors (Lipinski definition) is 2. The van der Waals surface area contributed by atoms with E-state index in [1.54, 1.807) is 18.4 Å². The van der Waals surface area contributed by atoms with Crippen molar-refractivity contribution in [3.05, 3.63) is 71.0 Å². The van der Waals surface area contributed by atoms with Gasteiger partial charge in [-0.2, -0.15) is 0 Å². The molecule has 0 saturated heterocycles. The van der Waals surface area contributed by atoms with Gasteiger partial charge >= 0.3 is 0 Å². The smallest absolute Gasteiger partial charge is 0.191 e. The van der Waals surface area contributed by atoms with Crippen molar-refractivity contribution < 1.29 is 0 Å². The molecule has 2 heterocycles. The second kappa shape index (κ2) is 9.83. The largest absolute Gasteiger partial charge is 0.356 e. The van der Waals surface area contributed by atoms with Gasteiger partial charge < -0.3 is 10.6 Å². The van der Waals surface area contributed by atoms with Crippen LogP contribution in [-0.4, -0.2) is 36.1 Å². The number of aromatic nitrogens is 2. The van der Waals surface area contributed by atoms with E-state index in [0.717, 1.165) is 48.3 Å². The summed E-state index contributed by atoms with van der Waals surface area (Å²) in [5.41, 5.74) is 4.62. The molecule has 0 fully saturated rings. The average molecular weight is 380 g/mol. The van der Waals surface area contributed by atoms with Crippen molar-refractivity contribution in [2.24, 2.45) is 4.99 Å². The van der Waals surface area contributed by atoms with Gasteiger partial charge in [-0.1, -0.05) is 35.9 Å². The zero-order valence-corrected chi connectivity index (χ0v) is 16.6. The summed E-state index contributed by atoms with van der Waals surface area (Å²) in [5.74, 6) is 0.805. The van der Waals surface area contributed by atoms with Crippen molar-refractivity contribution in [1.29, 1.82) is 0 Å². The first-order chi connectivity index (χ1) is 13.2. The second-order valence-electron chi connectivity index (χ2n) is 6.26. The van der Waals surface area contributed by atoms with Crippen LogP contribution in [0, 0.1) is 6.92 Å². The summed E-state index contributed by atoms with van der Waals surface area (Å²) < 4.78 is 0. The van der Waals surface area contributed by atoms with Crippen LogP contribution in [-0.2, 0) is 12.8 Å². The zero-order chi connectivity index (χ0) is 18.9. The summed E-state index contributed by atoms with van der Waals surface area (Å²) in [6.07, 6.45) is 3.55. The Morgan fingerprint density at radius 1 is 1.00 bits per heavy atom. The lowest BCUT2D eigenvalue weighted by Crippen LogP contribution is -2.39. The molecular formula is C21H25N5S. The first-order valence-electron chi connectivity index (χ1n) is 9.10. The summed E-state index contributed by atoms with van der Waals surface area (Å²) in [5, 5.41) is 9.87. The topological polar surface area (TPSA) is 62.2 Å². The van der Waals surface area contributed by atoms with Gasteiger partial charge in [-0.05, 0) is 19.1 Å². The minimum absolute atomic E-state index is 0.792. The molecule has 140 valence electrons. The third kappa shape index (κ3) is 5.89. The van der Waals surface area contributed by atoms with Crippen molar-refractivity contribution in [2.45, 2.75) is 19.8 Å². The number of guanidine groups is 1. The number of pyridine rings is 1. The van der Waals surface area contributed by atoms with Crippen molar-refractivity contribution >= 4 is 17.3 Å². The Hall–Kier alpha value is -2.73. The molecule has 0 spiro atoms. The second-order valence-corrected chi connectivity index (χ2v) is 7.11. The van der Waals surface area contributed by atoms with Crippen molar-refractivity contribution in [1.82, 2.24) is 20.6 Å². The molecule has 27 heavy (non-hydrogen) atoms. The van der Waals surface area contributed by atoms with Gasteiger partial charge in [0.2, 0.25) is 0 Å². The highest BCUT2D eigenvalue weighted by atomic mass is 32.1. The van der Waals surface area contributed by atoms with Crippen molar-refractivity contribution in [2.75, 3.05) is 20.1 Å². The van der Waals surface area contributed by atoms with E-state index < -0.39 is 0 Å². The molecule has 0 aliphatic rings. The molecule has 0 bridgehead atoms. The number of aryl methyl sites for hydroxylation is 1. The van der Waals surface area contributed by atoms with Crippen LogP contribution >= 0.6 is 11.3 Å². The van der Waals surface area contributed by atoms with Crippen molar-refractivity contribution in [3.63, 3.8) is 0 Å². The fourth-order valence-corrected chi connectivity index (χ4v) is 3.50. The van der Waals surface area contributed by atoms with Gasteiger partial charge in [0.25, 0.3) is 0 Å². The van der Waals surface area contributed by atoms with Gasteiger partial charge in [0.15, 0.2) is 5.96 Å². The molecule has 6 heteroatoms. The van der Waals surface area contributed by atoms with E-state index in [1.165, 1.54) is 11.1 Å². The molecule has 0 saturated carbocycles. The number of benzene rings is 1. The SMILES string of the molecule is CN=C(NCCc1ccccn1)NCCc1csc(-c2ccc(C)cc2)n1. The summed E-state index contributed by atoms with van der Waals surface area (Å²) in [7, 11) is 1.79. The van der Waals surface area contributed by atoms with Crippen LogP contribution in [0.25, 0.3) is 10.6 Å². The van der Waals surface area contributed by atoms with Gasteiger partial charge in [-0.25, -0.2) is 4.98 Å². The monoisotopic (exact) mass is 379 g/mol. The Morgan fingerprint density at radius 2 is 1.74 bits per heavy atom. The van der Waals surface area contributed by atoms with E-state index in [1.807, 2.05) is 24.4 Å². The van der Waals surface area contributed by atoms with Gasteiger partial charge in [0.1, 0.15) is 5.01 Å². The minimum atomic E-state index is 0.792. The molecule has 0 aliphatic carbocycles. The van der Waals surface area contributed by atoms with E-state index in [2.05, 4.69) is 57.2 Å². The number of rotatable bonds is 7. The quantitative estimate of drug-likeness (QED) is 0.487. The maximum atomic E-state index is 4.74. The molecule has 0 radical (unpaired) electrons. The summed E-state index contributed by atoms with van der Waals surface area (Å²) in [4.78, 5) is 13.3. The van der Waals surface area contributed by atoms with E-state index in [0.29, 0.717) is 0 Å². The Morgan fingerprint density at radius 3 is 2.41 bits per heavy atom. The maximum Gasteiger partial charge on any atom is 0.191 e. The Kier molecular flexibility index (Phi) is 6.93. The first kappa shape index (κ1) is 19.0. The predicted octanol–water partition coefficient (Wildman–Crippen LogP) is 3.46. The molecule has 5 nitrogen and oxygen atoms in total. The summed E-state index contributed by atoms with van der Waals surface area (Å²) >= 11 is 1.69. The third-order valence-corrected chi connectivity index (χ3v) is 5.09. The number of aliphatic imine (C=N–C) groups is 1. The molecule has 0 unspecified atom stereocenters. The molecule has 0 amide bonds. The van der Waals surface area contributed by atoms with Gasteiger partial charge in [0, 0.05) is 55.8 Å². The van der Waals surface area contributed by atoms with Gasteiger partial charge in [-0.3, -0.25) is 9.98 Å². The molecule has 2 N–H and O–H groups in total. The molecule has 1 aromatic carbocycles. The minimum Gasteiger partial charge on any atom is -0.356 e. The lowest BCUT2D eigenvalue weighted by molar-refractivity contribution is 0.771. The predicted molar refractivity (Wildman–Crippen MR) is 113 cm³/mol. The molecule has 2 aromatic heterocycles. The van der Waals surface area contributed by atoms with Crippen LogP contribution in [0.5, 0.6) is 0 Å². The molecule has 3 rings (SSSR count). The molecule has 0 atom stereocenters. The van der Waals surface area contributed by atoms with E-state index in [-0.39, 0.29) is 0 Å². The summed E-state index contributed by atoms with van der Waals surface area (Å²) in [6, 6.07) is 14.5. The zero-order valence-electron chi connectivity index (χ0n) is 15.8. The molecule has 0 aliphatic heterocycles. The number of thiazole rings is 1. The van der Waals surface area contributed by atoms with E-state index in [9.17, 15) is 0 Å². The number of nitrogens with zero attached hydrogens (tertiary/aromatic N) is 3.